The van der Waals surface area contributed by atoms with E-state index in [1.54, 1.807) is 12.1 Å². The number of hydrogen-bond donors (Lipinski definition) is 0. The summed E-state index contributed by atoms with van der Waals surface area (Å²) in [5.74, 6) is -0.210. The van der Waals surface area contributed by atoms with E-state index in [0.29, 0.717) is 0 Å². The quantitative estimate of drug-likeness (QED) is 0.793. The third kappa shape index (κ3) is 2.84. The highest BCUT2D eigenvalue weighted by atomic mass is 19.1. The van der Waals surface area contributed by atoms with Crippen molar-refractivity contribution in [1.82, 2.24) is 15.0 Å². The third-order valence-electron chi connectivity index (χ3n) is 5.03. The molecule has 1 aliphatic carbocycles. The van der Waals surface area contributed by atoms with Gasteiger partial charge in [-0.25, -0.2) is 9.07 Å². The fraction of sp³-hybridized carbons (Fsp3) is 0.556. The second-order valence-electron chi connectivity index (χ2n) is 6.64. The number of anilines is 1. The summed E-state index contributed by atoms with van der Waals surface area (Å²) in [6, 6.07) is 5.08. The van der Waals surface area contributed by atoms with Gasteiger partial charge < -0.3 is 4.90 Å². The summed E-state index contributed by atoms with van der Waals surface area (Å²) in [4.78, 5) is 2.36. The molecular weight excluding hydrogens is 291 g/mol. The van der Waals surface area contributed by atoms with Gasteiger partial charge in [0.2, 0.25) is 0 Å². The third-order valence-corrected chi connectivity index (χ3v) is 5.03. The number of hydrogen-bond acceptors (Lipinski definition) is 3. The Labute approximate surface area is 136 Å². The first-order chi connectivity index (χ1) is 11.3. The molecule has 1 fully saturated rings. The molecule has 1 aliphatic heterocycles. The number of rotatable bonds is 2. The number of piperidine rings is 1. The topological polar surface area (TPSA) is 34.0 Å². The average molecular weight is 314 g/mol. The van der Waals surface area contributed by atoms with Crippen LogP contribution in [0.5, 0.6) is 0 Å². The van der Waals surface area contributed by atoms with Gasteiger partial charge in [-0.05, 0) is 57.1 Å². The predicted molar refractivity (Wildman–Crippen MR) is 88.6 cm³/mol. The molecule has 0 N–H and O–H groups in total. The van der Waals surface area contributed by atoms with Gasteiger partial charge in [-0.2, -0.15) is 0 Å². The maximum Gasteiger partial charge on any atom is 0.125 e. The fourth-order valence-corrected chi connectivity index (χ4v) is 3.80. The number of nitrogens with zero attached hydrogens (tertiary/aromatic N) is 4. The van der Waals surface area contributed by atoms with E-state index < -0.39 is 0 Å². The van der Waals surface area contributed by atoms with Crippen molar-refractivity contribution in [3.05, 3.63) is 35.4 Å². The Kier molecular flexibility index (Phi) is 4.02. The van der Waals surface area contributed by atoms with E-state index in [1.807, 2.05) is 10.7 Å². The molecule has 2 heterocycles. The van der Waals surface area contributed by atoms with Crippen LogP contribution in [0.1, 0.15) is 49.9 Å². The summed E-state index contributed by atoms with van der Waals surface area (Å²) >= 11 is 0. The van der Waals surface area contributed by atoms with E-state index in [-0.39, 0.29) is 5.82 Å². The number of benzene rings is 1. The maximum atomic E-state index is 13.9. The van der Waals surface area contributed by atoms with Crippen LogP contribution < -0.4 is 4.90 Å². The van der Waals surface area contributed by atoms with E-state index in [1.165, 1.54) is 37.8 Å². The molecule has 0 atom stereocenters. The summed E-state index contributed by atoms with van der Waals surface area (Å²) in [6.45, 7) is 2.07. The first kappa shape index (κ1) is 14.7. The van der Waals surface area contributed by atoms with Crippen LogP contribution in [-0.2, 0) is 12.8 Å². The van der Waals surface area contributed by atoms with Crippen molar-refractivity contribution in [1.29, 1.82) is 0 Å². The zero-order valence-corrected chi connectivity index (χ0v) is 13.5. The summed E-state index contributed by atoms with van der Waals surface area (Å²) in [5.41, 5.74) is 4.20. The van der Waals surface area contributed by atoms with E-state index in [2.05, 4.69) is 15.2 Å². The first-order valence-corrected chi connectivity index (χ1v) is 8.81. The molecule has 4 rings (SSSR count). The van der Waals surface area contributed by atoms with Gasteiger partial charge in [0.1, 0.15) is 5.82 Å². The van der Waals surface area contributed by atoms with Gasteiger partial charge in [0, 0.05) is 19.2 Å². The lowest BCUT2D eigenvalue weighted by molar-refractivity contribution is 0.573. The molecule has 1 aromatic heterocycles. The van der Waals surface area contributed by atoms with Crippen LogP contribution in [0.2, 0.25) is 0 Å². The van der Waals surface area contributed by atoms with Gasteiger partial charge in [-0.3, -0.25) is 0 Å². The van der Waals surface area contributed by atoms with Crippen molar-refractivity contribution >= 4 is 5.69 Å². The van der Waals surface area contributed by atoms with Crippen LogP contribution in [0.3, 0.4) is 0 Å². The monoisotopic (exact) mass is 314 g/mol. The SMILES string of the molecule is Fc1ccc(N2CCCCC2)c(-n2nnc3c2CCCCC3)c1. The van der Waals surface area contributed by atoms with Crippen LogP contribution in [-0.4, -0.2) is 28.1 Å². The summed E-state index contributed by atoms with van der Waals surface area (Å²) in [5, 5.41) is 8.76. The Balaban J connectivity index is 1.79. The molecule has 1 aromatic carbocycles. The maximum absolute atomic E-state index is 13.9. The van der Waals surface area contributed by atoms with E-state index >= 15 is 0 Å². The Morgan fingerprint density at radius 1 is 0.870 bits per heavy atom. The zero-order chi connectivity index (χ0) is 15.6. The van der Waals surface area contributed by atoms with Crippen molar-refractivity contribution in [3.63, 3.8) is 0 Å². The molecule has 0 unspecified atom stereocenters. The molecule has 0 saturated carbocycles. The van der Waals surface area contributed by atoms with Crippen LogP contribution >= 0.6 is 0 Å². The van der Waals surface area contributed by atoms with Crippen molar-refractivity contribution in [2.24, 2.45) is 0 Å². The Hall–Kier alpha value is -1.91. The molecule has 4 nitrogen and oxygen atoms in total. The Morgan fingerprint density at radius 2 is 1.65 bits per heavy atom. The molecule has 0 spiro atoms. The molecule has 23 heavy (non-hydrogen) atoms. The van der Waals surface area contributed by atoms with Crippen LogP contribution in [0.4, 0.5) is 10.1 Å². The van der Waals surface area contributed by atoms with Crippen molar-refractivity contribution in [3.8, 4) is 5.69 Å². The van der Waals surface area contributed by atoms with Crippen LogP contribution in [0.15, 0.2) is 18.2 Å². The van der Waals surface area contributed by atoms with Gasteiger partial charge in [0.15, 0.2) is 0 Å². The van der Waals surface area contributed by atoms with Crippen LogP contribution in [0, 0.1) is 5.82 Å². The van der Waals surface area contributed by atoms with Crippen molar-refractivity contribution in [2.75, 3.05) is 18.0 Å². The largest absolute Gasteiger partial charge is 0.370 e. The van der Waals surface area contributed by atoms with Gasteiger partial charge in [0.25, 0.3) is 0 Å². The second-order valence-corrected chi connectivity index (χ2v) is 6.64. The average Bonchev–Trinajstić information content (AvgIpc) is 2.84. The highest BCUT2D eigenvalue weighted by Gasteiger charge is 2.21. The molecule has 5 heteroatoms. The number of halogens is 1. The first-order valence-electron chi connectivity index (χ1n) is 8.81. The fourth-order valence-electron chi connectivity index (χ4n) is 3.80. The zero-order valence-electron chi connectivity index (χ0n) is 13.5. The Bertz CT molecular complexity index is 688. The molecule has 1 saturated heterocycles. The van der Waals surface area contributed by atoms with Gasteiger partial charge in [-0.1, -0.05) is 11.6 Å². The molecule has 0 bridgehead atoms. The van der Waals surface area contributed by atoms with Crippen LogP contribution in [0.25, 0.3) is 5.69 Å². The van der Waals surface area contributed by atoms with E-state index in [4.69, 9.17) is 0 Å². The number of fused-ring (bicyclic) bond motifs is 1. The lowest BCUT2D eigenvalue weighted by Gasteiger charge is -2.30. The van der Waals surface area contributed by atoms with E-state index in [0.717, 1.165) is 49.4 Å². The summed E-state index contributed by atoms with van der Waals surface area (Å²) < 4.78 is 15.8. The smallest absolute Gasteiger partial charge is 0.125 e. The number of aryl methyl sites for hydroxylation is 1. The Morgan fingerprint density at radius 3 is 2.52 bits per heavy atom. The minimum absolute atomic E-state index is 0.210. The highest BCUT2D eigenvalue weighted by molar-refractivity contribution is 5.63. The minimum atomic E-state index is -0.210. The van der Waals surface area contributed by atoms with E-state index in [9.17, 15) is 4.39 Å². The molecule has 2 aromatic rings. The van der Waals surface area contributed by atoms with Gasteiger partial charge >= 0.3 is 0 Å². The molecule has 0 radical (unpaired) electrons. The van der Waals surface area contributed by atoms with Crippen molar-refractivity contribution in [2.45, 2.75) is 51.4 Å². The predicted octanol–water partition coefficient (Wildman–Crippen LogP) is 3.67. The lowest BCUT2D eigenvalue weighted by atomic mass is 10.1. The minimum Gasteiger partial charge on any atom is -0.370 e. The second kappa shape index (κ2) is 6.30. The molecule has 2 aliphatic rings. The molecule has 0 amide bonds. The summed E-state index contributed by atoms with van der Waals surface area (Å²) in [7, 11) is 0. The lowest BCUT2D eigenvalue weighted by Crippen LogP contribution is -2.30. The number of aromatic nitrogens is 3. The standard InChI is InChI=1S/C18H23FN4/c19-14-9-10-17(22-11-5-2-6-12-22)18(13-14)23-16-8-4-1-3-7-15(16)20-21-23/h9-10,13H,1-8,11-12H2. The highest BCUT2D eigenvalue weighted by Crippen LogP contribution is 2.30. The molecule has 122 valence electrons. The van der Waals surface area contributed by atoms with Gasteiger partial charge in [0.05, 0.1) is 22.8 Å². The summed E-state index contributed by atoms with van der Waals surface area (Å²) in [6.07, 6.45) is 9.23. The van der Waals surface area contributed by atoms with Crippen molar-refractivity contribution < 1.29 is 4.39 Å². The molecular formula is C18H23FN4. The van der Waals surface area contributed by atoms with Gasteiger partial charge in [-0.15, -0.1) is 5.10 Å². The normalized spacial score (nSPS) is 18.6.